The van der Waals surface area contributed by atoms with E-state index in [2.05, 4.69) is 31.5 Å². The highest BCUT2D eigenvalue weighted by molar-refractivity contribution is 9.10. The van der Waals surface area contributed by atoms with Crippen LogP contribution in [0, 0.1) is 11.3 Å². The number of halogens is 1. The Labute approximate surface area is 251 Å². The molecule has 216 valence electrons. The van der Waals surface area contributed by atoms with Crippen molar-refractivity contribution >= 4 is 56.4 Å². The number of nitrogens with one attached hydrogen (secondary N) is 1. The molecule has 1 atom stereocenters. The SMILES string of the molecule is CCN1C(=O)c2cc(C#N)c(N=Nc3ccc(N(CC)CC(O)COc4ccccc4)cc3NC(C)=O)c(Br)c2C1=O. The zero-order chi connectivity index (χ0) is 30.4. The maximum atomic E-state index is 12.8. The molecule has 2 N–H and O–H groups in total. The largest absolute Gasteiger partial charge is 0.491 e. The highest BCUT2D eigenvalue weighted by Gasteiger charge is 2.38. The zero-order valence-electron chi connectivity index (χ0n) is 23.3. The number of benzene rings is 3. The zero-order valence-corrected chi connectivity index (χ0v) is 24.9. The molecule has 0 aliphatic carbocycles. The number of ether oxygens (including phenoxy) is 1. The predicted octanol–water partition coefficient (Wildman–Crippen LogP) is 5.58. The van der Waals surface area contributed by atoms with Crippen LogP contribution in [0.4, 0.5) is 22.7 Å². The van der Waals surface area contributed by atoms with E-state index >= 15 is 0 Å². The fraction of sp³-hybridized carbons (Fsp3) is 0.267. The van der Waals surface area contributed by atoms with Crippen LogP contribution >= 0.6 is 15.9 Å². The van der Waals surface area contributed by atoms with Crippen LogP contribution < -0.4 is 15.0 Å². The molecule has 42 heavy (non-hydrogen) atoms. The smallest absolute Gasteiger partial charge is 0.262 e. The van der Waals surface area contributed by atoms with E-state index in [0.29, 0.717) is 23.7 Å². The van der Waals surface area contributed by atoms with Gasteiger partial charge in [-0.15, -0.1) is 10.2 Å². The number of fused-ring (bicyclic) bond motifs is 1. The summed E-state index contributed by atoms with van der Waals surface area (Å²) >= 11 is 3.36. The molecular weight excluding hydrogens is 604 g/mol. The number of carbonyl (C=O) groups is 3. The molecule has 3 aromatic rings. The number of nitrogens with zero attached hydrogens (tertiary/aromatic N) is 5. The highest BCUT2D eigenvalue weighted by Crippen LogP contribution is 2.40. The first-order valence-corrected chi connectivity index (χ1v) is 14.0. The topological polar surface area (TPSA) is 148 Å². The summed E-state index contributed by atoms with van der Waals surface area (Å²) < 4.78 is 5.86. The van der Waals surface area contributed by atoms with Gasteiger partial charge in [0.1, 0.15) is 35.9 Å². The van der Waals surface area contributed by atoms with E-state index in [1.165, 1.54) is 13.0 Å². The van der Waals surface area contributed by atoms with Crippen molar-refractivity contribution in [3.8, 4) is 11.8 Å². The molecule has 1 unspecified atom stereocenters. The lowest BCUT2D eigenvalue weighted by Crippen LogP contribution is -2.35. The molecule has 0 aromatic heterocycles. The van der Waals surface area contributed by atoms with Crippen LogP contribution in [0.1, 0.15) is 47.1 Å². The minimum Gasteiger partial charge on any atom is -0.491 e. The minimum atomic E-state index is -0.784. The van der Waals surface area contributed by atoms with Crippen LogP contribution in [0.5, 0.6) is 5.75 Å². The van der Waals surface area contributed by atoms with Gasteiger partial charge in [0.15, 0.2) is 0 Å². The second kappa shape index (κ2) is 13.4. The Morgan fingerprint density at radius 3 is 2.52 bits per heavy atom. The molecule has 3 amide bonds. The third-order valence-electron chi connectivity index (χ3n) is 6.52. The fourth-order valence-electron chi connectivity index (χ4n) is 4.50. The Hall–Kier alpha value is -4.60. The van der Waals surface area contributed by atoms with Gasteiger partial charge in [-0.05, 0) is 66.2 Å². The maximum Gasteiger partial charge on any atom is 0.262 e. The van der Waals surface area contributed by atoms with Crippen molar-refractivity contribution < 1.29 is 24.2 Å². The summed E-state index contributed by atoms with van der Waals surface area (Å²) in [4.78, 5) is 40.5. The number of aliphatic hydroxyl groups is 1. The van der Waals surface area contributed by atoms with Crippen molar-refractivity contribution in [2.75, 3.05) is 36.5 Å². The van der Waals surface area contributed by atoms with Crippen LogP contribution in [-0.2, 0) is 4.79 Å². The van der Waals surface area contributed by atoms with Gasteiger partial charge in [0.05, 0.1) is 26.9 Å². The van der Waals surface area contributed by atoms with E-state index in [1.807, 2.05) is 48.2 Å². The number of hydrogen-bond acceptors (Lipinski definition) is 9. The van der Waals surface area contributed by atoms with Crippen LogP contribution in [0.2, 0.25) is 0 Å². The third kappa shape index (κ3) is 6.48. The first-order valence-electron chi connectivity index (χ1n) is 13.2. The summed E-state index contributed by atoms with van der Waals surface area (Å²) in [6.07, 6.45) is -0.784. The molecule has 1 aliphatic rings. The van der Waals surface area contributed by atoms with E-state index in [4.69, 9.17) is 4.74 Å². The summed E-state index contributed by atoms with van der Waals surface area (Å²) in [6.45, 7) is 6.13. The second-order valence-corrected chi connectivity index (χ2v) is 10.2. The van der Waals surface area contributed by atoms with Gasteiger partial charge >= 0.3 is 0 Å². The van der Waals surface area contributed by atoms with E-state index in [-0.39, 0.29) is 52.5 Å². The number of amides is 3. The Balaban J connectivity index is 1.61. The van der Waals surface area contributed by atoms with Gasteiger partial charge in [-0.2, -0.15) is 5.26 Å². The summed E-state index contributed by atoms with van der Waals surface area (Å²) in [7, 11) is 0. The predicted molar refractivity (Wildman–Crippen MR) is 161 cm³/mol. The van der Waals surface area contributed by atoms with Crippen LogP contribution in [0.25, 0.3) is 0 Å². The van der Waals surface area contributed by atoms with Gasteiger partial charge in [0, 0.05) is 32.2 Å². The van der Waals surface area contributed by atoms with E-state index < -0.39 is 17.9 Å². The molecule has 12 heteroatoms. The summed E-state index contributed by atoms with van der Waals surface area (Å²) in [5, 5.41) is 31.7. The molecule has 0 saturated carbocycles. The monoisotopic (exact) mass is 632 g/mol. The van der Waals surface area contributed by atoms with Crippen molar-refractivity contribution in [1.29, 1.82) is 5.26 Å². The number of azo groups is 1. The molecule has 1 heterocycles. The lowest BCUT2D eigenvalue weighted by Gasteiger charge is -2.26. The number of para-hydroxylation sites is 1. The second-order valence-electron chi connectivity index (χ2n) is 9.37. The molecule has 0 spiro atoms. The molecule has 0 fully saturated rings. The maximum absolute atomic E-state index is 12.8. The van der Waals surface area contributed by atoms with Gasteiger partial charge in [0.2, 0.25) is 5.91 Å². The van der Waals surface area contributed by atoms with Gasteiger partial charge in [-0.25, -0.2) is 0 Å². The third-order valence-corrected chi connectivity index (χ3v) is 7.30. The summed E-state index contributed by atoms with van der Waals surface area (Å²) in [5.74, 6) is -0.623. The first kappa shape index (κ1) is 30.4. The Bertz CT molecular complexity index is 1590. The van der Waals surface area contributed by atoms with Crippen molar-refractivity contribution in [1.82, 2.24) is 4.90 Å². The van der Waals surface area contributed by atoms with E-state index in [1.54, 1.807) is 25.1 Å². The van der Waals surface area contributed by atoms with Crippen molar-refractivity contribution in [2.24, 2.45) is 10.2 Å². The summed E-state index contributed by atoms with van der Waals surface area (Å²) in [5.41, 5.74) is 1.78. The first-order chi connectivity index (χ1) is 20.2. The molecule has 3 aromatic carbocycles. The molecule has 4 rings (SSSR count). The number of imide groups is 1. The lowest BCUT2D eigenvalue weighted by atomic mass is 10.0. The number of likely N-dealkylation sites (N-methyl/N-ethyl adjacent to an activating group) is 1. The van der Waals surface area contributed by atoms with Crippen molar-refractivity contribution in [3.05, 3.63) is 75.8 Å². The molecule has 0 radical (unpaired) electrons. The average Bonchev–Trinajstić information content (AvgIpc) is 3.23. The van der Waals surface area contributed by atoms with Crippen molar-refractivity contribution in [2.45, 2.75) is 26.9 Å². The summed E-state index contributed by atoms with van der Waals surface area (Å²) in [6, 6.07) is 17.7. The van der Waals surface area contributed by atoms with Gasteiger partial charge in [0.25, 0.3) is 11.8 Å². The molecule has 0 saturated heterocycles. The normalized spacial score (nSPS) is 13.2. The van der Waals surface area contributed by atoms with Gasteiger partial charge < -0.3 is 20.1 Å². The van der Waals surface area contributed by atoms with Crippen LogP contribution in [0.3, 0.4) is 0 Å². The van der Waals surface area contributed by atoms with Crippen molar-refractivity contribution in [3.63, 3.8) is 0 Å². The Kier molecular flexibility index (Phi) is 9.67. The Morgan fingerprint density at radius 1 is 1.14 bits per heavy atom. The quantitative estimate of drug-likeness (QED) is 0.207. The standard InChI is InChI=1S/C30H29BrN6O5/c1-4-36(16-21(39)17-42-22-9-7-6-8-10-22)20-11-12-24(25(14-20)33-18(3)38)34-35-28-19(15-32)13-23-26(27(28)31)30(41)37(5-2)29(23)40/h6-14,21,39H,4-5,16-17H2,1-3H3,(H,33,38). The van der Waals surface area contributed by atoms with Gasteiger partial charge in [-0.3, -0.25) is 19.3 Å². The average molecular weight is 634 g/mol. The Morgan fingerprint density at radius 2 is 1.88 bits per heavy atom. The molecule has 1 aliphatic heterocycles. The van der Waals surface area contributed by atoms with E-state index in [0.717, 1.165) is 10.6 Å². The lowest BCUT2D eigenvalue weighted by molar-refractivity contribution is -0.114. The number of carbonyl (C=O) groups excluding carboxylic acids is 3. The van der Waals surface area contributed by atoms with Gasteiger partial charge in [-0.1, -0.05) is 18.2 Å². The molecule has 11 nitrogen and oxygen atoms in total. The number of anilines is 2. The van der Waals surface area contributed by atoms with Crippen LogP contribution in [-0.4, -0.2) is 60.1 Å². The van der Waals surface area contributed by atoms with E-state index in [9.17, 15) is 24.8 Å². The number of rotatable bonds is 11. The minimum absolute atomic E-state index is 0.0602. The number of nitriles is 1. The number of hydrogen-bond donors (Lipinski definition) is 2. The highest BCUT2D eigenvalue weighted by atomic mass is 79.9. The molecular formula is C30H29BrN6O5. The van der Waals surface area contributed by atoms with Crippen LogP contribution in [0.15, 0.2) is 69.3 Å². The fourth-order valence-corrected chi connectivity index (χ4v) is 5.17. The number of aliphatic hydroxyl groups excluding tert-OH is 1. The molecule has 0 bridgehead atoms.